The van der Waals surface area contributed by atoms with Crippen molar-refractivity contribution in [1.29, 1.82) is 0 Å². The molecule has 1 atom stereocenters. The van der Waals surface area contributed by atoms with E-state index in [1.54, 1.807) is 11.3 Å². The van der Waals surface area contributed by atoms with Gasteiger partial charge in [0.1, 0.15) is 0 Å². The summed E-state index contributed by atoms with van der Waals surface area (Å²) in [5.41, 5.74) is 3.46. The normalized spacial score (nSPS) is 19.2. The highest BCUT2D eigenvalue weighted by Crippen LogP contribution is 2.31. The zero-order valence-electron chi connectivity index (χ0n) is 11.3. The number of hydrogen-bond donors (Lipinski definition) is 1. The number of amides is 1. The van der Waals surface area contributed by atoms with Crippen molar-refractivity contribution in [3.63, 3.8) is 0 Å². The molecule has 1 aromatic heterocycles. The lowest BCUT2D eigenvalue weighted by Crippen LogP contribution is -2.42. The molecule has 1 aromatic carbocycles. The van der Waals surface area contributed by atoms with Crippen molar-refractivity contribution in [2.24, 2.45) is 5.92 Å². The molecule has 1 fully saturated rings. The van der Waals surface area contributed by atoms with Crippen LogP contribution in [-0.4, -0.2) is 31.1 Å². The Morgan fingerprint density at radius 1 is 1.50 bits per heavy atom. The van der Waals surface area contributed by atoms with E-state index in [1.807, 2.05) is 18.2 Å². The highest BCUT2D eigenvalue weighted by Gasteiger charge is 2.27. The van der Waals surface area contributed by atoms with E-state index in [1.165, 1.54) is 11.8 Å². The van der Waals surface area contributed by atoms with Gasteiger partial charge in [0.15, 0.2) is 5.13 Å². The number of rotatable bonds is 3. The monoisotopic (exact) mass is 291 g/mol. The largest absolute Gasteiger partial charge is 0.347 e. The molecule has 20 heavy (non-hydrogen) atoms. The van der Waals surface area contributed by atoms with E-state index in [0.717, 1.165) is 30.0 Å². The van der Waals surface area contributed by atoms with Gasteiger partial charge in [-0.1, -0.05) is 23.5 Å². The van der Waals surface area contributed by atoms with Crippen LogP contribution in [0, 0.1) is 5.92 Å². The number of fused-ring (bicyclic) bond motifs is 1. The third kappa shape index (κ3) is 2.62. The number of hydrogen-bond acceptors (Lipinski definition) is 5. The molecular weight excluding hydrogens is 274 g/mol. The molecule has 5 nitrogen and oxygen atoms in total. The molecule has 1 aliphatic heterocycles. The second kappa shape index (κ2) is 5.76. The minimum Gasteiger partial charge on any atom is -0.347 e. The Kier molecular flexibility index (Phi) is 3.84. The number of nitrogens with one attached hydrogen (secondary N) is 1. The molecule has 0 radical (unpaired) electrons. The molecule has 1 unspecified atom stereocenters. The maximum atomic E-state index is 11.9. The maximum Gasteiger partial charge on any atom is 0.248 e. The van der Waals surface area contributed by atoms with E-state index < -0.39 is 0 Å². The minimum atomic E-state index is -0.0432. The first kappa shape index (κ1) is 13.3. The van der Waals surface area contributed by atoms with Gasteiger partial charge in [-0.05, 0) is 25.0 Å². The zero-order chi connectivity index (χ0) is 13.9. The molecule has 6 heteroatoms. The van der Waals surface area contributed by atoms with E-state index in [2.05, 4.69) is 21.4 Å². The molecule has 0 spiro atoms. The summed E-state index contributed by atoms with van der Waals surface area (Å²) in [6, 6.07) is 8.12. The SMILES string of the molecule is CONC(=O)C1CCCN(c2nc3ccccc3s2)C1. The second-order valence-electron chi connectivity index (χ2n) is 4.92. The standard InChI is InChI=1S/C14H17N3O2S/c1-19-16-13(18)10-5-4-8-17(9-10)14-15-11-6-2-3-7-12(11)20-14/h2-3,6-7,10H,4-5,8-9H2,1H3,(H,16,18). The van der Waals surface area contributed by atoms with Crippen LogP contribution in [0.15, 0.2) is 24.3 Å². The number of nitrogens with zero attached hydrogens (tertiary/aromatic N) is 2. The molecule has 106 valence electrons. The van der Waals surface area contributed by atoms with E-state index in [-0.39, 0.29) is 11.8 Å². The molecule has 3 rings (SSSR count). The van der Waals surface area contributed by atoms with Crippen LogP contribution in [0.2, 0.25) is 0 Å². The smallest absolute Gasteiger partial charge is 0.248 e. The Hall–Kier alpha value is -1.66. The second-order valence-corrected chi connectivity index (χ2v) is 5.93. The van der Waals surface area contributed by atoms with Gasteiger partial charge in [0, 0.05) is 13.1 Å². The van der Waals surface area contributed by atoms with Crippen molar-refractivity contribution >= 4 is 32.6 Å². The summed E-state index contributed by atoms with van der Waals surface area (Å²) in [7, 11) is 1.46. The summed E-state index contributed by atoms with van der Waals surface area (Å²) in [6.07, 6.45) is 1.90. The Labute approximate surface area is 121 Å². The van der Waals surface area contributed by atoms with Crippen molar-refractivity contribution in [2.45, 2.75) is 12.8 Å². The summed E-state index contributed by atoms with van der Waals surface area (Å²) >= 11 is 1.68. The van der Waals surface area contributed by atoms with Crippen LogP contribution >= 0.6 is 11.3 Å². The van der Waals surface area contributed by atoms with E-state index >= 15 is 0 Å². The van der Waals surface area contributed by atoms with Gasteiger partial charge >= 0.3 is 0 Å². The third-order valence-corrected chi connectivity index (χ3v) is 4.65. The van der Waals surface area contributed by atoms with Gasteiger partial charge in [0.2, 0.25) is 5.91 Å². The minimum absolute atomic E-state index is 0.0317. The quantitative estimate of drug-likeness (QED) is 0.881. The van der Waals surface area contributed by atoms with Gasteiger partial charge in [0.05, 0.1) is 23.2 Å². The Bertz CT molecular complexity index is 580. The Morgan fingerprint density at radius 2 is 2.35 bits per heavy atom. The van der Waals surface area contributed by atoms with Gasteiger partial charge in [-0.3, -0.25) is 9.63 Å². The first-order valence-corrected chi connectivity index (χ1v) is 7.53. The molecule has 2 aromatic rings. The highest BCUT2D eigenvalue weighted by atomic mass is 32.1. The summed E-state index contributed by atoms with van der Waals surface area (Å²) < 4.78 is 1.19. The van der Waals surface area contributed by atoms with Crippen molar-refractivity contribution in [2.75, 3.05) is 25.1 Å². The fourth-order valence-electron chi connectivity index (χ4n) is 2.54. The molecule has 0 aliphatic carbocycles. The molecule has 1 N–H and O–H groups in total. The van der Waals surface area contributed by atoms with Crippen LogP contribution < -0.4 is 10.4 Å². The van der Waals surface area contributed by atoms with Crippen molar-refractivity contribution < 1.29 is 9.63 Å². The average Bonchev–Trinajstić information content (AvgIpc) is 2.91. The molecule has 1 saturated heterocycles. The van der Waals surface area contributed by atoms with Gasteiger partial charge in [0.25, 0.3) is 0 Å². The fraction of sp³-hybridized carbons (Fsp3) is 0.429. The maximum absolute atomic E-state index is 11.9. The lowest BCUT2D eigenvalue weighted by molar-refractivity contribution is -0.135. The molecule has 1 amide bonds. The predicted molar refractivity (Wildman–Crippen MR) is 79.7 cm³/mol. The number of para-hydroxylation sites is 1. The number of anilines is 1. The molecule has 0 saturated carbocycles. The topological polar surface area (TPSA) is 54.5 Å². The van der Waals surface area contributed by atoms with Crippen LogP contribution in [0.3, 0.4) is 0 Å². The summed E-state index contributed by atoms with van der Waals surface area (Å²) in [6.45, 7) is 1.66. The van der Waals surface area contributed by atoms with Gasteiger partial charge in [-0.15, -0.1) is 0 Å². The first-order valence-electron chi connectivity index (χ1n) is 6.71. The number of hydroxylamine groups is 1. The number of benzene rings is 1. The van der Waals surface area contributed by atoms with E-state index in [4.69, 9.17) is 4.84 Å². The van der Waals surface area contributed by atoms with Crippen LogP contribution in [0.4, 0.5) is 5.13 Å². The predicted octanol–water partition coefficient (Wildman–Crippen LogP) is 2.19. The van der Waals surface area contributed by atoms with Crippen LogP contribution in [0.1, 0.15) is 12.8 Å². The summed E-state index contributed by atoms with van der Waals surface area (Å²) in [5, 5.41) is 1.00. The van der Waals surface area contributed by atoms with Crippen LogP contribution in [0.25, 0.3) is 10.2 Å². The number of thiazole rings is 1. The Balaban J connectivity index is 1.77. The van der Waals surface area contributed by atoms with E-state index in [9.17, 15) is 4.79 Å². The Morgan fingerprint density at radius 3 is 3.15 bits per heavy atom. The number of piperidine rings is 1. The molecule has 1 aliphatic rings. The molecule has 0 bridgehead atoms. The summed E-state index contributed by atoms with van der Waals surface area (Å²) in [5.74, 6) is -0.0750. The van der Waals surface area contributed by atoms with Crippen molar-refractivity contribution in [3.8, 4) is 0 Å². The van der Waals surface area contributed by atoms with Gasteiger partial charge in [-0.2, -0.15) is 0 Å². The number of carbonyl (C=O) groups is 1. The van der Waals surface area contributed by atoms with Crippen molar-refractivity contribution in [3.05, 3.63) is 24.3 Å². The first-order chi connectivity index (χ1) is 9.78. The van der Waals surface area contributed by atoms with Gasteiger partial charge in [-0.25, -0.2) is 10.5 Å². The lowest BCUT2D eigenvalue weighted by atomic mass is 9.98. The van der Waals surface area contributed by atoms with Gasteiger partial charge < -0.3 is 4.90 Å². The average molecular weight is 291 g/mol. The number of aromatic nitrogens is 1. The highest BCUT2D eigenvalue weighted by molar-refractivity contribution is 7.22. The van der Waals surface area contributed by atoms with Crippen LogP contribution in [0.5, 0.6) is 0 Å². The molecule has 2 heterocycles. The molecular formula is C14H17N3O2S. The van der Waals surface area contributed by atoms with E-state index in [0.29, 0.717) is 6.54 Å². The fourth-order valence-corrected chi connectivity index (χ4v) is 3.54. The number of carbonyl (C=O) groups excluding carboxylic acids is 1. The zero-order valence-corrected chi connectivity index (χ0v) is 12.2. The summed E-state index contributed by atoms with van der Waals surface area (Å²) in [4.78, 5) is 23.4. The third-order valence-electron chi connectivity index (χ3n) is 3.55. The van der Waals surface area contributed by atoms with Crippen LogP contribution in [-0.2, 0) is 9.63 Å². The lowest BCUT2D eigenvalue weighted by Gasteiger charge is -2.31. The van der Waals surface area contributed by atoms with Crippen molar-refractivity contribution in [1.82, 2.24) is 10.5 Å².